The lowest BCUT2D eigenvalue weighted by Gasteiger charge is -2.14. The molecule has 1 aliphatic carbocycles. The average molecular weight is 393 g/mol. The predicted molar refractivity (Wildman–Crippen MR) is 110 cm³/mol. The normalized spacial score (nSPS) is 14.6. The highest BCUT2D eigenvalue weighted by molar-refractivity contribution is 5.93. The molecule has 1 N–H and O–H groups in total. The molecule has 2 aromatic heterocycles. The number of nitrogens with zero attached hydrogens (tertiary/aromatic N) is 4. The minimum absolute atomic E-state index is 0.194. The Bertz CT molecular complexity index is 1190. The Labute approximate surface area is 167 Å². The SMILES string of the molecule is Cc1c(NC(=O)C(C)n2nc(C3CC3)ccc2=O)c(=O)n(-c2ccccc2)n1C. The highest BCUT2D eigenvalue weighted by Gasteiger charge is 2.28. The number of rotatable bonds is 5. The summed E-state index contributed by atoms with van der Waals surface area (Å²) >= 11 is 0. The monoisotopic (exact) mass is 393 g/mol. The lowest BCUT2D eigenvalue weighted by Crippen LogP contribution is -2.34. The van der Waals surface area contributed by atoms with Crippen LogP contribution in [0.5, 0.6) is 0 Å². The van der Waals surface area contributed by atoms with Crippen molar-refractivity contribution < 1.29 is 4.79 Å². The van der Waals surface area contributed by atoms with Crippen LogP contribution in [0.1, 0.15) is 43.1 Å². The van der Waals surface area contributed by atoms with E-state index in [-0.39, 0.29) is 16.8 Å². The van der Waals surface area contributed by atoms with Crippen LogP contribution in [-0.4, -0.2) is 25.1 Å². The van der Waals surface area contributed by atoms with Gasteiger partial charge in [-0.05, 0) is 44.9 Å². The predicted octanol–water partition coefficient (Wildman–Crippen LogP) is 2.12. The van der Waals surface area contributed by atoms with Crippen molar-refractivity contribution in [2.45, 2.75) is 38.6 Å². The number of carbonyl (C=O) groups excluding carboxylic acids is 1. The molecular weight excluding hydrogens is 370 g/mol. The third kappa shape index (κ3) is 3.41. The highest BCUT2D eigenvalue weighted by Crippen LogP contribution is 2.38. The highest BCUT2D eigenvalue weighted by atomic mass is 16.2. The van der Waals surface area contributed by atoms with Gasteiger partial charge in [-0.2, -0.15) is 5.10 Å². The summed E-state index contributed by atoms with van der Waals surface area (Å²) in [6.45, 7) is 3.37. The Morgan fingerprint density at radius 2 is 1.83 bits per heavy atom. The number of para-hydroxylation sites is 1. The first-order valence-electron chi connectivity index (χ1n) is 9.63. The van der Waals surface area contributed by atoms with Crippen LogP contribution in [0.25, 0.3) is 5.69 Å². The van der Waals surface area contributed by atoms with E-state index in [9.17, 15) is 14.4 Å². The summed E-state index contributed by atoms with van der Waals surface area (Å²) in [6, 6.07) is 11.5. The largest absolute Gasteiger partial charge is 0.318 e. The van der Waals surface area contributed by atoms with E-state index in [0.717, 1.165) is 18.5 Å². The van der Waals surface area contributed by atoms with Gasteiger partial charge in [0.05, 0.1) is 17.1 Å². The molecule has 1 fully saturated rings. The molecule has 1 saturated carbocycles. The molecule has 29 heavy (non-hydrogen) atoms. The summed E-state index contributed by atoms with van der Waals surface area (Å²) in [5, 5.41) is 7.07. The molecular formula is C21H23N5O3. The van der Waals surface area contributed by atoms with Gasteiger partial charge in [0, 0.05) is 19.0 Å². The fourth-order valence-corrected chi connectivity index (χ4v) is 3.37. The van der Waals surface area contributed by atoms with Crippen molar-refractivity contribution in [2.75, 3.05) is 5.32 Å². The molecule has 0 spiro atoms. The van der Waals surface area contributed by atoms with Crippen molar-refractivity contribution in [1.82, 2.24) is 19.1 Å². The lowest BCUT2D eigenvalue weighted by molar-refractivity contribution is -0.119. The molecule has 4 rings (SSSR count). The topological polar surface area (TPSA) is 90.9 Å². The van der Waals surface area contributed by atoms with E-state index in [1.165, 1.54) is 15.4 Å². The maximum Gasteiger partial charge on any atom is 0.295 e. The summed E-state index contributed by atoms with van der Waals surface area (Å²) in [7, 11) is 1.76. The summed E-state index contributed by atoms with van der Waals surface area (Å²) in [5.41, 5.74) is 1.66. The lowest BCUT2D eigenvalue weighted by atomic mass is 10.2. The van der Waals surface area contributed by atoms with Crippen molar-refractivity contribution in [3.8, 4) is 5.69 Å². The minimum atomic E-state index is -0.842. The van der Waals surface area contributed by atoms with Gasteiger partial charge in [-0.1, -0.05) is 18.2 Å². The van der Waals surface area contributed by atoms with E-state index >= 15 is 0 Å². The molecule has 0 radical (unpaired) electrons. The smallest absolute Gasteiger partial charge is 0.295 e. The van der Waals surface area contributed by atoms with E-state index in [1.54, 1.807) is 31.6 Å². The number of hydrogen-bond donors (Lipinski definition) is 1. The molecule has 3 aromatic rings. The summed E-state index contributed by atoms with van der Waals surface area (Å²) in [4.78, 5) is 38.1. The van der Waals surface area contributed by atoms with Gasteiger partial charge in [0.1, 0.15) is 11.7 Å². The molecule has 0 aliphatic heterocycles. The molecule has 2 heterocycles. The van der Waals surface area contributed by atoms with Gasteiger partial charge in [0.15, 0.2) is 0 Å². The van der Waals surface area contributed by atoms with Gasteiger partial charge in [-0.25, -0.2) is 9.36 Å². The van der Waals surface area contributed by atoms with Gasteiger partial charge >= 0.3 is 0 Å². The van der Waals surface area contributed by atoms with Crippen LogP contribution in [0.3, 0.4) is 0 Å². The van der Waals surface area contributed by atoms with Crippen LogP contribution in [-0.2, 0) is 11.8 Å². The maximum atomic E-state index is 13.0. The number of aromatic nitrogens is 4. The molecule has 8 heteroatoms. The van der Waals surface area contributed by atoms with E-state index in [1.807, 2.05) is 30.3 Å². The summed E-state index contributed by atoms with van der Waals surface area (Å²) in [5.74, 6) is -0.0925. The molecule has 1 unspecified atom stereocenters. The molecule has 1 atom stereocenters. The van der Waals surface area contributed by atoms with Crippen LogP contribution >= 0.6 is 0 Å². The Morgan fingerprint density at radius 3 is 2.48 bits per heavy atom. The quantitative estimate of drug-likeness (QED) is 0.719. The summed E-state index contributed by atoms with van der Waals surface area (Å²) in [6.07, 6.45) is 2.10. The van der Waals surface area contributed by atoms with E-state index in [4.69, 9.17) is 0 Å². The van der Waals surface area contributed by atoms with Crippen LogP contribution < -0.4 is 16.4 Å². The van der Waals surface area contributed by atoms with Gasteiger partial charge in [0.25, 0.3) is 11.1 Å². The molecule has 150 valence electrons. The van der Waals surface area contributed by atoms with Crippen LogP contribution in [0.15, 0.2) is 52.1 Å². The van der Waals surface area contributed by atoms with Crippen LogP contribution in [0.2, 0.25) is 0 Å². The first-order chi connectivity index (χ1) is 13.9. The zero-order valence-corrected chi connectivity index (χ0v) is 16.6. The fraction of sp³-hybridized carbons (Fsp3) is 0.333. The van der Waals surface area contributed by atoms with Gasteiger partial charge < -0.3 is 5.32 Å². The second kappa shape index (κ2) is 7.20. The second-order valence-electron chi connectivity index (χ2n) is 7.42. The van der Waals surface area contributed by atoms with Gasteiger partial charge in [-0.15, -0.1) is 0 Å². The van der Waals surface area contributed by atoms with Gasteiger partial charge in [0.2, 0.25) is 5.91 Å². The van der Waals surface area contributed by atoms with E-state index in [2.05, 4.69) is 10.4 Å². The standard InChI is InChI=1S/C21H23N5O3/c1-13-19(21(29)26(24(13)3)16-7-5-4-6-8-16)22-20(28)14(2)25-18(27)12-11-17(23-25)15-9-10-15/h4-8,11-12,14-15H,9-10H2,1-3H3,(H,22,28). The Kier molecular flexibility index (Phi) is 4.70. The van der Waals surface area contributed by atoms with Crippen LogP contribution in [0.4, 0.5) is 5.69 Å². The van der Waals surface area contributed by atoms with Crippen molar-refractivity contribution in [1.29, 1.82) is 0 Å². The molecule has 8 nitrogen and oxygen atoms in total. The number of nitrogens with one attached hydrogen (secondary N) is 1. The van der Waals surface area contributed by atoms with Crippen LogP contribution in [0, 0.1) is 6.92 Å². The Morgan fingerprint density at radius 1 is 1.14 bits per heavy atom. The zero-order valence-electron chi connectivity index (χ0n) is 16.6. The fourth-order valence-electron chi connectivity index (χ4n) is 3.37. The van der Waals surface area contributed by atoms with Gasteiger partial charge in [-0.3, -0.25) is 19.1 Å². The average Bonchev–Trinajstić information content (AvgIpc) is 3.54. The minimum Gasteiger partial charge on any atom is -0.318 e. The third-order valence-electron chi connectivity index (χ3n) is 5.39. The van der Waals surface area contributed by atoms with E-state index in [0.29, 0.717) is 17.3 Å². The van der Waals surface area contributed by atoms with E-state index < -0.39 is 11.9 Å². The summed E-state index contributed by atoms with van der Waals surface area (Å²) < 4.78 is 4.38. The third-order valence-corrected chi connectivity index (χ3v) is 5.39. The molecule has 1 aliphatic rings. The van der Waals surface area contributed by atoms with Crippen molar-refractivity contribution in [2.24, 2.45) is 7.05 Å². The number of benzene rings is 1. The number of hydrogen-bond acceptors (Lipinski definition) is 4. The first-order valence-corrected chi connectivity index (χ1v) is 9.63. The Balaban J connectivity index is 1.65. The zero-order chi connectivity index (χ0) is 20.7. The molecule has 1 amide bonds. The Hall–Kier alpha value is -3.42. The maximum absolute atomic E-state index is 13.0. The van der Waals surface area contributed by atoms with Crippen molar-refractivity contribution >= 4 is 11.6 Å². The number of carbonyl (C=O) groups is 1. The second-order valence-corrected chi connectivity index (χ2v) is 7.42. The number of anilines is 1. The molecule has 0 bridgehead atoms. The molecule has 1 aromatic carbocycles. The first kappa shape index (κ1) is 18.9. The van der Waals surface area contributed by atoms with Crippen molar-refractivity contribution in [3.63, 3.8) is 0 Å². The number of amides is 1. The van der Waals surface area contributed by atoms with Crippen molar-refractivity contribution in [3.05, 3.63) is 74.6 Å². The molecule has 0 saturated heterocycles.